The zero-order chi connectivity index (χ0) is 18.8. The highest BCUT2D eigenvalue weighted by Crippen LogP contribution is 2.30. The van der Waals surface area contributed by atoms with Gasteiger partial charge in [-0.1, -0.05) is 30.3 Å². The number of aliphatic imine (C=N–C) groups is 1. The number of methoxy groups -OCH3 is 2. The third-order valence-electron chi connectivity index (χ3n) is 3.93. The molecule has 6 nitrogen and oxygen atoms in total. The van der Waals surface area contributed by atoms with E-state index in [0.717, 1.165) is 23.0 Å². The van der Waals surface area contributed by atoms with Crippen molar-refractivity contribution < 1.29 is 14.2 Å². The lowest BCUT2D eigenvalue weighted by molar-refractivity contribution is 0.281. The van der Waals surface area contributed by atoms with Gasteiger partial charge >= 0.3 is 0 Å². The van der Waals surface area contributed by atoms with Crippen molar-refractivity contribution in [2.75, 3.05) is 41.5 Å². The number of nitrogens with zero attached hydrogens (tertiary/aromatic N) is 2. The molecule has 0 saturated heterocycles. The number of para-hydroxylation sites is 2. The number of hydrogen-bond donors (Lipinski definition) is 1. The third-order valence-corrected chi connectivity index (χ3v) is 3.93. The number of rotatable bonds is 8. The fourth-order valence-corrected chi connectivity index (χ4v) is 2.57. The molecule has 0 aromatic heterocycles. The Bertz CT molecular complexity index is 705. The summed E-state index contributed by atoms with van der Waals surface area (Å²) in [5.41, 5.74) is 1.00. The van der Waals surface area contributed by atoms with Crippen molar-refractivity contribution in [1.29, 1.82) is 0 Å². The van der Waals surface area contributed by atoms with Gasteiger partial charge in [0.05, 0.1) is 20.8 Å². The van der Waals surface area contributed by atoms with Gasteiger partial charge in [0.2, 0.25) is 0 Å². The molecule has 0 atom stereocenters. The van der Waals surface area contributed by atoms with Gasteiger partial charge in [0.25, 0.3) is 0 Å². The third kappa shape index (κ3) is 5.31. The van der Waals surface area contributed by atoms with Gasteiger partial charge in [0.1, 0.15) is 12.4 Å². The molecule has 0 unspecified atom stereocenters. The standard InChI is InChI=1S/C20H27N3O3/c1-21-20(23(2)13-14-26-17-10-6-5-7-11-17)22-15-16-9-8-12-18(24-3)19(16)25-4/h5-12H,13-15H2,1-4H3,(H,21,22). The van der Waals surface area contributed by atoms with Crippen LogP contribution in [0.15, 0.2) is 53.5 Å². The molecule has 0 aliphatic heterocycles. The van der Waals surface area contributed by atoms with Crippen LogP contribution in [0, 0.1) is 0 Å². The number of ether oxygens (including phenoxy) is 3. The Labute approximate surface area is 155 Å². The maximum Gasteiger partial charge on any atom is 0.193 e. The number of guanidine groups is 1. The van der Waals surface area contributed by atoms with Crippen LogP contribution in [0.4, 0.5) is 0 Å². The molecule has 0 bridgehead atoms. The Morgan fingerprint density at radius 1 is 1.04 bits per heavy atom. The fourth-order valence-electron chi connectivity index (χ4n) is 2.57. The van der Waals surface area contributed by atoms with Crippen LogP contribution in [-0.4, -0.2) is 52.3 Å². The average Bonchev–Trinajstić information content (AvgIpc) is 2.68. The molecule has 0 heterocycles. The largest absolute Gasteiger partial charge is 0.493 e. The molecule has 1 N–H and O–H groups in total. The highest BCUT2D eigenvalue weighted by atomic mass is 16.5. The summed E-state index contributed by atoms with van der Waals surface area (Å²) < 4.78 is 16.6. The molecule has 140 valence electrons. The van der Waals surface area contributed by atoms with E-state index in [2.05, 4.69) is 10.3 Å². The summed E-state index contributed by atoms with van der Waals surface area (Å²) in [6.45, 7) is 1.87. The fraction of sp³-hybridized carbons (Fsp3) is 0.350. The van der Waals surface area contributed by atoms with Gasteiger partial charge in [0, 0.05) is 26.2 Å². The van der Waals surface area contributed by atoms with E-state index in [1.165, 1.54) is 0 Å². The summed E-state index contributed by atoms with van der Waals surface area (Å²) in [5, 5.41) is 3.34. The topological polar surface area (TPSA) is 55.3 Å². The van der Waals surface area contributed by atoms with Gasteiger partial charge in [-0.3, -0.25) is 4.99 Å². The van der Waals surface area contributed by atoms with E-state index < -0.39 is 0 Å². The van der Waals surface area contributed by atoms with E-state index in [9.17, 15) is 0 Å². The second-order valence-electron chi connectivity index (χ2n) is 5.64. The summed E-state index contributed by atoms with van der Waals surface area (Å²) in [4.78, 5) is 6.35. The molecule has 2 rings (SSSR count). The van der Waals surface area contributed by atoms with E-state index in [-0.39, 0.29) is 0 Å². The molecule has 0 aliphatic carbocycles. The van der Waals surface area contributed by atoms with Crippen molar-refractivity contribution in [2.24, 2.45) is 4.99 Å². The Morgan fingerprint density at radius 2 is 1.81 bits per heavy atom. The van der Waals surface area contributed by atoms with Crippen LogP contribution >= 0.6 is 0 Å². The van der Waals surface area contributed by atoms with Crippen LogP contribution < -0.4 is 19.5 Å². The Kier molecular flexibility index (Phi) is 7.61. The lowest BCUT2D eigenvalue weighted by Crippen LogP contribution is -2.40. The summed E-state index contributed by atoms with van der Waals surface area (Å²) in [7, 11) is 7.02. The molecule has 2 aromatic carbocycles. The zero-order valence-electron chi connectivity index (χ0n) is 15.9. The summed E-state index contributed by atoms with van der Waals surface area (Å²) >= 11 is 0. The Morgan fingerprint density at radius 3 is 2.46 bits per heavy atom. The number of benzene rings is 2. The van der Waals surface area contributed by atoms with E-state index in [1.807, 2.05) is 60.5 Å². The first-order valence-corrected chi connectivity index (χ1v) is 8.49. The second kappa shape index (κ2) is 10.2. The van der Waals surface area contributed by atoms with Crippen LogP contribution in [0.2, 0.25) is 0 Å². The molecule has 26 heavy (non-hydrogen) atoms. The highest BCUT2D eigenvalue weighted by molar-refractivity contribution is 5.79. The highest BCUT2D eigenvalue weighted by Gasteiger charge is 2.11. The maximum atomic E-state index is 5.74. The summed E-state index contributed by atoms with van der Waals surface area (Å²) in [5.74, 6) is 3.09. The van der Waals surface area contributed by atoms with Crippen molar-refractivity contribution in [1.82, 2.24) is 10.2 Å². The van der Waals surface area contributed by atoms with Crippen molar-refractivity contribution in [3.05, 3.63) is 54.1 Å². The van der Waals surface area contributed by atoms with Crippen LogP contribution in [0.5, 0.6) is 17.2 Å². The molecule has 6 heteroatoms. The number of likely N-dealkylation sites (N-methyl/N-ethyl adjacent to an activating group) is 1. The van der Waals surface area contributed by atoms with Gasteiger partial charge < -0.3 is 24.4 Å². The molecule has 0 aliphatic rings. The van der Waals surface area contributed by atoms with E-state index in [0.29, 0.717) is 25.4 Å². The van der Waals surface area contributed by atoms with Crippen LogP contribution in [0.1, 0.15) is 5.56 Å². The number of hydrogen-bond acceptors (Lipinski definition) is 4. The van der Waals surface area contributed by atoms with Gasteiger partial charge in [-0.25, -0.2) is 0 Å². The monoisotopic (exact) mass is 357 g/mol. The SMILES string of the molecule is CN=C(NCc1cccc(OC)c1OC)N(C)CCOc1ccccc1. The first-order valence-electron chi connectivity index (χ1n) is 8.49. The number of nitrogens with one attached hydrogen (secondary N) is 1. The van der Waals surface area contributed by atoms with Gasteiger partial charge in [-0.15, -0.1) is 0 Å². The van der Waals surface area contributed by atoms with E-state index in [1.54, 1.807) is 21.3 Å². The molecule has 0 radical (unpaired) electrons. The normalized spacial score (nSPS) is 11.0. The molecule has 0 fully saturated rings. The van der Waals surface area contributed by atoms with Crippen LogP contribution in [0.3, 0.4) is 0 Å². The van der Waals surface area contributed by atoms with Crippen LogP contribution in [0.25, 0.3) is 0 Å². The predicted molar refractivity (Wildman–Crippen MR) is 104 cm³/mol. The van der Waals surface area contributed by atoms with E-state index in [4.69, 9.17) is 14.2 Å². The molecular formula is C20H27N3O3. The van der Waals surface area contributed by atoms with Gasteiger partial charge in [-0.2, -0.15) is 0 Å². The minimum absolute atomic E-state index is 0.573. The van der Waals surface area contributed by atoms with Crippen molar-refractivity contribution in [3.8, 4) is 17.2 Å². The molecule has 0 amide bonds. The Hall–Kier alpha value is -2.89. The van der Waals surface area contributed by atoms with Crippen LogP contribution in [-0.2, 0) is 6.54 Å². The molecule has 0 saturated carbocycles. The maximum absolute atomic E-state index is 5.74. The lowest BCUT2D eigenvalue weighted by atomic mass is 10.2. The predicted octanol–water partition coefficient (Wildman–Crippen LogP) is 2.79. The first kappa shape index (κ1) is 19.4. The second-order valence-corrected chi connectivity index (χ2v) is 5.64. The van der Waals surface area contributed by atoms with Crippen molar-refractivity contribution in [3.63, 3.8) is 0 Å². The van der Waals surface area contributed by atoms with Gasteiger partial charge in [0.15, 0.2) is 17.5 Å². The molecule has 0 spiro atoms. The minimum atomic E-state index is 0.573. The summed E-state index contributed by atoms with van der Waals surface area (Å²) in [6.07, 6.45) is 0. The molecule has 2 aromatic rings. The van der Waals surface area contributed by atoms with E-state index >= 15 is 0 Å². The van der Waals surface area contributed by atoms with Gasteiger partial charge in [-0.05, 0) is 18.2 Å². The minimum Gasteiger partial charge on any atom is -0.493 e. The quantitative estimate of drug-likeness (QED) is 0.582. The zero-order valence-corrected chi connectivity index (χ0v) is 15.9. The first-order chi connectivity index (χ1) is 12.7. The smallest absolute Gasteiger partial charge is 0.193 e. The average molecular weight is 357 g/mol. The lowest BCUT2D eigenvalue weighted by Gasteiger charge is -2.22. The molecular weight excluding hydrogens is 330 g/mol. The Balaban J connectivity index is 1.89. The van der Waals surface area contributed by atoms with Crippen molar-refractivity contribution >= 4 is 5.96 Å². The summed E-state index contributed by atoms with van der Waals surface area (Å²) in [6, 6.07) is 15.6. The van der Waals surface area contributed by atoms with Crippen molar-refractivity contribution in [2.45, 2.75) is 6.54 Å².